The van der Waals surface area contributed by atoms with Gasteiger partial charge >= 0.3 is 0 Å². The van der Waals surface area contributed by atoms with Gasteiger partial charge in [-0.1, -0.05) is 18.2 Å². The lowest BCUT2D eigenvalue weighted by atomic mass is 10.1. The molecule has 224 valence electrons. The summed E-state index contributed by atoms with van der Waals surface area (Å²) in [7, 11) is 0. The van der Waals surface area contributed by atoms with Crippen molar-refractivity contribution in [3.05, 3.63) is 88.2 Å². The molecule has 0 saturated carbocycles. The molecule has 4 amide bonds. The lowest BCUT2D eigenvalue weighted by Crippen LogP contribution is -2.36. The number of ether oxygens (including phenoxy) is 2. The molecular weight excluding hydrogens is 601 g/mol. The van der Waals surface area contributed by atoms with E-state index in [1.54, 1.807) is 41.8 Å². The second-order valence-corrected chi connectivity index (χ2v) is 10.8. The van der Waals surface area contributed by atoms with Gasteiger partial charge in [-0.2, -0.15) is 0 Å². The van der Waals surface area contributed by atoms with Gasteiger partial charge in [-0.25, -0.2) is 13.2 Å². The predicted molar refractivity (Wildman–Crippen MR) is 155 cm³/mol. The molecule has 14 heteroatoms. The summed E-state index contributed by atoms with van der Waals surface area (Å²) in [5.74, 6) is -5.77. The summed E-state index contributed by atoms with van der Waals surface area (Å²) in [5.41, 5.74) is 1.84. The Labute approximate surface area is 251 Å². The molecule has 0 spiro atoms. The number of carbonyl (C=O) groups excluding carboxylic acids is 4. The molecule has 6 rings (SSSR count). The molecule has 3 heterocycles. The van der Waals surface area contributed by atoms with Crippen LogP contribution in [0.3, 0.4) is 0 Å². The monoisotopic (exact) mass is 622 g/mol. The number of para-hydroxylation sites is 1. The van der Waals surface area contributed by atoms with Gasteiger partial charge < -0.3 is 24.7 Å². The van der Waals surface area contributed by atoms with E-state index in [9.17, 15) is 32.3 Å². The average Bonchev–Trinajstić information content (AvgIpc) is 3.65. The lowest BCUT2D eigenvalue weighted by Gasteiger charge is -2.13. The molecule has 0 radical (unpaired) electrons. The third kappa shape index (κ3) is 5.35. The molecule has 2 aliphatic heterocycles. The molecule has 3 aromatic carbocycles. The van der Waals surface area contributed by atoms with Crippen LogP contribution in [-0.2, 0) is 20.9 Å². The van der Waals surface area contributed by atoms with E-state index in [-0.39, 0.29) is 24.2 Å². The fraction of sp³-hybridized carbons (Fsp3) is 0.133. The Bertz CT molecular complexity index is 1920. The van der Waals surface area contributed by atoms with Crippen LogP contribution in [0.1, 0.15) is 11.3 Å². The van der Waals surface area contributed by atoms with Gasteiger partial charge in [0.15, 0.2) is 29.0 Å². The maximum absolute atomic E-state index is 14.0. The molecule has 0 bridgehead atoms. The number of rotatable bonds is 7. The van der Waals surface area contributed by atoms with Gasteiger partial charge in [-0.3, -0.25) is 24.1 Å². The van der Waals surface area contributed by atoms with Crippen LogP contribution in [0.4, 0.5) is 29.3 Å². The maximum Gasteiger partial charge on any atom is 0.294 e. The minimum Gasteiger partial charge on any atom is -0.454 e. The van der Waals surface area contributed by atoms with Crippen molar-refractivity contribution in [3.8, 4) is 11.5 Å². The molecule has 2 aliphatic rings. The summed E-state index contributed by atoms with van der Waals surface area (Å²) in [6, 6.07) is 13.8. The smallest absolute Gasteiger partial charge is 0.294 e. The standard InChI is InChI=1S/C30H21F3N4O6S/c1-15-18(11-24-29(40)37(30(41)44-24)13-26(39)35-20-8-7-19(31)27(32)28(20)33)17-4-2-3-5-21(17)36(15)12-25(38)34-16-6-9-22-23(10-16)43-14-42-22/h2-11H,12-14H2,1H3,(H,34,38)(H,35,39)/b24-11-. The van der Waals surface area contributed by atoms with Crippen molar-refractivity contribution in [1.29, 1.82) is 0 Å². The van der Waals surface area contributed by atoms with Crippen LogP contribution in [0.5, 0.6) is 11.5 Å². The van der Waals surface area contributed by atoms with Gasteiger partial charge in [0.2, 0.25) is 18.6 Å². The number of nitrogens with zero attached hydrogens (tertiary/aromatic N) is 2. The van der Waals surface area contributed by atoms with E-state index in [4.69, 9.17) is 9.47 Å². The largest absolute Gasteiger partial charge is 0.454 e. The molecule has 1 saturated heterocycles. The zero-order valence-electron chi connectivity index (χ0n) is 22.8. The highest BCUT2D eigenvalue weighted by atomic mass is 32.2. The summed E-state index contributed by atoms with van der Waals surface area (Å²) in [6.07, 6.45) is 1.52. The van der Waals surface area contributed by atoms with Crippen molar-refractivity contribution < 1.29 is 41.8 Å². The number of thioether (sulfide) groups is 1. The van der Waals surface area contributed by atoms with Crippen LogP contribution in [0.2, 0.25) is 0 Å². The zero-order valence-corrected chi connectivity index (χ0v) is 23.6. The number of hydrogen-bond donors (Lipinski definition) is 2. The van der Waals surface area contributed by atoms with Crippen LogP contribution in [0.15, 0.2) is 59.5 Å². The lowest BCUT2D eigenvalue weighted by molar-refractivity contribution is -0.127. The zero-order chi connectivity index (χ0) is 31.1. The first kappa shape index (κ1) is 28.9. The number of fused-ring (bicyclic) bond motifs is 2. The molecule has 0 aliphatic carbocycles. The number of imide groups is 1. The molecule has 44 heavy (non-hydrogen) atoms. The van der Waals surface area contributed by atoms with E-state index in [0.717, 1.165) is 11.5 Å². The van der Waals surface area contributed by atoms with E-state index < -0.39 is 46.7 Å². The fourth-order valence-electron chi connectivity index (χ4n) is 4.89. The first-order valence-corrected chi connectivity index (χ1v) is 13.9. The van der Waals surface area contributed by atoms with Gasteiger partial charge in [-0.05, 0) is 55.1 Å². The van der Waals surface area contributed by atoms with Crippen molar-refractivity contribution in [1.82, 2.24) is 9.47 Å². The van der Waals surface area contributed by atoms with E-state index >= 15 is 0 Å². The van der Waals surface area contributed by atoms with E-state index in [0.29, 0.717) is 56.7 Å². The van der Waals surface area contributed by atoms with Gasteiger partial charge in [0.25, 0.3) is 11.1 Å². The van der Waals surface area contributed by atoms with Crippen molar-refractivity contribution in [2.75, 3.05) is 24.0 Å². The Morgan fingerprint density at radius 3 is 2.50 bits per heavy atom. The third-order valence-corrected chi connectivity index (χ3v) is 7.91. The fourth-order valence-corrected chi connectivity index (χ4v) is 5.71. The van der Waals surface area contributed by atoms with Gasteiger partial charge in [-0.15, -0.1) is 0 Å². The number of benzene rings is 3. The quantitative estimate of drug-likeness (QED) is 0.209. The van der Waals surface area contributed by atoms with Crippen LogP contribution >= 0.6 is 11.8 Å². The summed E-state index contributed by atoms with van der Waals surface area (Å²) < 4.78 is 53.1. The van der Waals surface area contributed by atoms with Crippen molar-refractivity contribution in [2.45, 2.75) is 13.5 Å². The summed E-state index contributed by atoms with van der Waals surface area (Å²) >= 11 is 0.609. The minimum atomic E-state index is -1.77. The van der Waals surface area contributed by atoms with Gasteiger partial charge in [0.1, 0.15) is 13.1 Å². The summed E-state index contributed by atoms with van der Waals surface area (Å²) in [4.78, 5) is 52.0. The number of carbonyl (C=O) groups is 4. The maximum atomic E-state index is 14.0. The first-order chi connectivity index (χ1) is 21.1. The predicted octanol–water partition coefficient (Wildman–Crippen LogP) is 5.41. The normalized spacial score (nSPS) is 15.0. The number of hydrogen-bond acceptors (Lipinski definition) is 7. The SMILES string of the molecule is Cc1c(/C=C2\SC(=O)N(CC(=O)Nc3ccc(F)c(F)c3F)C2=O)c2ccccc2n1CC(=O)Nc1ccc2c(c1)OCO2. The molecule has 1 fully saturated rings. The number of nitrogens with one attached hydrogen (secondary N) is 2. The molecule has 0 unspecified atom stereocenters. The van der Waals surface area contributed by atoms with Crippen molar-refractivity contribution in [2.24, 2.45) is 0 Å². The van der Waals surface area contributed by atoms with Crippen LogP contribution in [0.25, 0.3) is 17.0 Å². The number of anilines is 2. The summed E-state index contributed by atoms with van der Waals surface area (Å²) in [5, 5.41) is 4.86. The molecule has 4 aromatic rings. The molecule has 2 N–H and O–H groups in total. The minimum absolute atomic E-state index is 0.0256. The summed E-state index contributed by atoms with van der Waals surface area (Å²) in [6.45, 7) is 1.04. The Hall–Kier alpha value is -5.24. The highest BCUT2D eigenvalue weighted by molar-refractivity contribution is 8.18. The van der Waals surface area contributed by atoms with Gasteiger partial charge in [0.05, 0.1) is 10.6 Å². The Morgan fingerprint density at radius 1 is 0.932 bits per heavy atom. The molecule has 0 atom stereocenters. The molecule has 10 nitrogen and oxygen atoms in total. The third-order valence-electron chi connectivity index (χ3n) is 7.00. The van der Waals surface area contributed by atoms with E-state index in [1.807, 2.05) is 17.4 Å². The molecular formula is C30H21F3N4O6S. The Morgan fingerprint density at radius 2 is 1.68 bits per heavy atom. The van der Waals surface area contributed by atoms with Gasteiger partial charge in [0, 0.05) is 33.9 Å². The highest BCUT2D eigenvalue weighted by Crippen LogP contribution is 2.36. The number of aromatic nitrogens is 1. The Balaban J connectivity index is 1.21. The number of halogens is 3. The van der Waals surface area contributed by atoms with E-state index in [2.05, 4.69) is 5.32 Å². The van der Waals surface area contributed by atoms with Crippen LogP contribution in [0, 0.1) is 24.4 Å². The van der Waals surface area contributed by atoms with Crippen LogP contribution in [-0.4, -0.2) is 45.8 Å². The van der Waals surface area contributed by atoms with Crippen molar-refractivity contribution in [3.63, 3.8) is 0 Å². The highest BCUT2D eigenvalue weighted by Gasteiger charge is 2.37. The average molecular weight is 623 g/mol. The number of amides is 4. The topological polar surface area (TPSA) is 119 Å². The van der Waals surface area contributed by atoms with E-state index in [1.165, 1.54) is 6.08 Å². The molecule has 1 aromatic heterocycles. The second-order valence-electron chi connectivity index (χ2n) is 9.76. The second kappa shape index (κ2) is 11.4. The first-order valence-electron chi connectivity index (χ1n) is 13.1. The van der Waals surface area contributed by atoms with Crippen molar-refractivity contribution >= 4 is 63.1 Å². The van der Waals surface area contributed by atoms with Crippen LogP contribution < -0.4 is 20.1 Å². The Kier molecular flexibility index (Phi) is 7.51.